The lowest BCUT2D eigenvalue weighted by Gasteiger charge is -2.22. The average Bonchev–Trinajstić information content (AvgIpc) is 2.85. The summed E-state index contributed by atoms with van der Waals surface area (Å²) >= 11 is 5.64. The molecule has 0 spiro atoms. The zero-order chi connectivity index (χ0) is 15.8. The Morgan fingerprint density at radius 1 is 1.29 bits per heavy atom. The number of hydrogen-bond donors (Lipinski definition) is 1. The van der Waals surface area contributed by atoms with Crippen LogP contribution in [0.2, 0.25) is 5.02 Å². The molecule has 2 N–H and O–H groups in total. The Kier molecular flexibility index (Phi) is 4.13. The van der Waals surface area contributed by atoms with Crippen molar-refractivity contribution in [3.05, 3.63) is 34.3 Å². The molecule has 1 aromatic rings. The maximum Gasteiger partial charge on any atom is 0.416 e. The summed E-state index contributed by atoms with van der Waals surface area (Å²) in [7, 11) is 0. The predicted octanol–water partition coefficient (Wildman–Crippen LogP) is 2.45. The second-order valence-corrected chi connectivity index (χ2v) is 5.22. The van der Waals surface area contributed by atoms with Gasteiger partial charge in [0.05, 0.1) is 5.56 Å². The largest absolute Gasteiger partial charge is 0.416 e. The van der Waals surface area contributed by atoms with Crippen LogP contribution in [-0.2, 0) is 11.0 Å². The first kappa shape index (κ1) is 15.6. The van der Waals surface area contributed by atoms with E-state index in [9.17, 15) is 22.8 Å². The zero-order valence-corrected chi connectivity index (χ0v) is 11.5. The van der Waals surface area contributed by atoms with Gasteiger partial charge in [-0.2, -0.15) is 13.2 Å². The van der Waals surface area contributed by atoms with E-state index in [1.54, 1.807) is 0 Å². The first-order valence-electron chi connectivity index (χ1n) is 6.18. The maximum absolute atomic E-state index is 12.7. The zero-order valence-electron chi connectivity index (χ0n) is 10.8. The molecule has 0 radical (unpaired) electrons. The van der Waals surface area contributed by atoms with Crippen LogP contribution in [0, 0.1) is 0 Å². The van der Waals surface area contributed by atoms with Gasteiger partial charge >= 0.3 is 6.18 Å². The van der Waals surface area contributed by atoms with E-state index in [-0.39, 0.29) is 17.1 Å². The van der Waals surface area contributed by atoms with Crippen LogP contribution in [0.1, 0.15) is 28.8 Å². The van der Waals surface area contributed by atoms with E-state index < -0.39 is 29.6 Å². The third kappa shape index (κ3) is 3.29. The molecule has 2 amide bonds. The molecule has 1 saturated heterocycles. The molecule has 1 aliphatic rings. The van der Waals surface area contributed by atoms with Crippen LogP contribution in [-0.4, -0.2) is 29.3 Å². The number of nitrogens with zero attached hydrogens (tertiary/aromatic N) is 1. The molecular formula is C13H12ClF3N2O2. The Morgan fingerprint density at radius 2 is 1.95 bits per heavy atom. The fourth-order valence-corrected chi connectivity index (χ4v) is 2.58. The van der Waals surface area contributed by atoms with Crippen molar-refractivity contribution in [1.29, 1.82) is 0 Å². The van der Waals surface area contributed by atoms with Crippen LogP contribution in [0.5, 0.6) is 0 Å². The highest BCUT2D eigenvalue weighted by molar-refractivity contribution is 6.31. The summed E-state index contributed by atoms with van der Waals surface area (Å²) in [6.07, 6.45) is -3.62. The Morgan fingerprint density at radius 3 is 2.52 bits per heavy atom. The van der Waals surface area contributed by atoms with Crippen molar-refractivity contribution in [2.45, 2.75) is 25.1 Å². The number of carbonyl (C=O) groups excluding carboxylic acids is 2. The minimum atomic E-state index is -4.60. The standard InChI is InChI=1S/C13H12ClF3N2O2/c14-9-5-7(4-8(6-9)13(15,16)17)12(21)19-3-1-2-10(19)11(18)20/h4-6,10H,1-3H2,(H2,18,20)/t10-/m0/s1. The topological polar surface area (TPSA) is 63.4 Å². The molecule has 1 atom stereocenters. The highest BCUT2D eigenvalue weighted by Crippen LogP contribution is 2.32. The Bertz CT molecular complexity index is 589. The molecule has 114 valence electrons. The number of hydrogen-bond acceptors (Lipinski definition) is 2. The molecule has 0 unspecified atom stereocenters. The number of alkyl halides is 3. The molecular weight excluding hydrogens is 309 g/mol. The van der Waals surface area contributed by atoms with Crippen molar-refractivity contribution in [2.75, 3.05) is 6.54 Å². The highest BCUT2D eigenvalue weighted by atomic mass is 35.5. The normalized spacial score (nSPS) is 18.9. The quantitative estimate of drug-likeness (QED) is 0.909. The van der Waals surface area contributed by atoms with E-state index in [1.807, 2.05) is 0 Å². The minimum absolute atomic E-state index is 0.192. The molecule has 8 heteroatoms. The molecule has 0 aromatic heterocycles. The fraction of sp³-hybridized carbons (Fsp3) is 0.385. The number of benzene rings is 1. The first-order valence-corrected chi connectivity index (χ1v) is 6.56. The van der Waals surface area contributed by atoms with Gasteiger partial charge in [-0.1, -0.05) is 11.6 Å². The maximum atomic E-state index is 12.7. The van der Waals surface area contributed by atoms with Crippen molar-refractivity contribution >= 4 is 23.4 Å². The van der Waals surface area contributed by atoms with E-state index in [0.717, 1.165) is 18.2 Å². The number of amides is 2. The Labute approximate surface area is 123 Å². The summed E-state index contributed by atoms with van der Waals surface area (Å²) in [6, 6.07) is 1.83. The van der Waals surface area contributed by atoms with Crippen LogP contribution in [0.4, 0.5) is 13.2 Å². The van der Waals surface area contributed by atoms with Gasteiger partial charge in [-0.05, 0) is 31.0 Å². The summed E-state index contributed by atoms with van der Waals surface area (Å²) < 4.78 is 38.2. The number of carbonyl (C=O) groups is 2. The second-order valence-electron chi connectivity index (χ2n) is 4.79. The number of likely N-dealkylation sites (tertiary alicyclic amines) is 1. The second kappa shape index (κ2) is 5.55. The average molecular weight is 321 g/mol. The molecule has 2 rings (SSSR count). The van der Waals surface area contributed by atoms with Gasteiger partial charge in [0.15, 0.2) is 0 Å². The number of nitrogens with two attached hydrogens (primary N) is 1. The van der Waals surface area contributed by atoms with Crippen molar-refractivity contribution in [3.63, 3.8) is 0 Å². The number of halogens is 4. The molecule has 4 nitrogen and oxygen atoms in total. The van der Waals surface area contributed by atoms with Gasteiger partial charge in [0.25, 0.3) is 5.91 Å². The van der Waals surface area contributed by atoms with Crippen molar-refractivity contribution < 1.29 is 22.8 Å². The van der Waals surface area contributed by atoms with E-state index in [2.05, 4.69) is 0 Å². The van der Waals surface area contributed by atoms with Crippen LogP contribution in [0.3, 0.4) is 0 Å². The first-order chi connectivity index (χ1) is 9.70. The van der Waals surface area contributed by atoms with Crippen LogP contribution < -0.4 is 5.73 Å². The molecule has 1 fully saturated rings. The van der Waals surface area contributed by atoms with Gasteiger partial charge in [0.1, 0.15) is 6.04 Å². The molecule has 0 bridgehead atoms. The van der Waals surface area contributed by atoms with Crippen molar-refractivity contribution in [2.24, 2.45) is 5.73 Å². The van der Waals surface area contributed by atoms with Gasteiger partial charge in [-0.3, -0.25) is 9.59 Å². The lowest BCUT2D eigenvalue weighted by atomic mass is 10.1. The minimum Gasteiger partial charge on any atom is -0.368 e. The molecule has 1 aromatic carbocycles. The SMILES string of the molecule is NC(=O)[C@@H]1CCCN1C(=O)c1cc(Cl)cc(C(F)(F)F)c1. The van der Waals surface area contributed by atoms with E-state index in [1.165, 1.54) is 4.90 Å². The van der Waals surface area contributed by atoms with Crippen molar-refractivity contribution in [1.82, 2.24) is 4.90 Å². The summed E-state index contributed by atoms with van der Waals surface area (Å²) in [5, 5.41) is -0.192. The predicted molar refractivity (Wildman–Crippen MR) is 69.7 cm³/mol. The molecule has 21 heavy (non-hydrogen) atoms. The number of primary amides is 1. The van der Waals surface area contributed by atoms with Crippen LogP contribution >= 0.6 is 11.6 Å². The van der Waals surface area contributed by atoms with E-state index >= 15 is 0 Å². The van der Waals surface area contributed by atoms with Crippen LogP contribution in [0.25, 0.3) is 0 Å². The number of rotatable bonds is 2. The van der Waals surface area contributed by atoms with E-state index in [4.69, 9.17) is 17.3 Å². The third-order valence-corrected chi connectivity index (χ3v) is 3.53. The van der Waals surface area contributed by atoms with Crippen LogP contribution in [0.15, 0.2) is 18.2 Å². The lowest BCUT2D eigenvalue weighted by Crippen LogP contribution is -2.43. The molecule has 0 aliphatic carbocycles. The summed E-state index contributed by atoms with van der Waals surface area (Å²) in [5.41, 5.74) is 3.98. The summed E-state index contributed by atoms with van der Waals surface area (Å²) in [4.78, 5) is 24.7. The third-order valence-electron chi connectivity index (χ3n) is 3.31. The smallest absolute Gasteiger partial charge is 0.368 e. The summed E-state index contributed by atoms with van der Waals surface area (Å²) in [5.74, 6) is -1.34. The van der Waals surface area contributed by atoms with Gasteiger partial charge < -0.3 is 10.6 Å². The highest BCUT2D eigenvalue weighted by Gasteiger charge is 2.35. The lowest BCUT2D eigenvalue weighted by molar-refractivity contribution is -0.137. The van der Waals surface area contributed by atoms with Gasteiger partial charge in [0.2, 0.25) is 5.91 Å². The van der Waals surface area contributed by atoms with Crippen molar-refractivity contribution in [3.8, 4) is 0 Å². The van der Waals surface area contributed by atoms with Gasteiger partial charge in [-0.15, -0.1) is 0 Å². The molecule has 1 heterocycles. The van der Waals surface area contributed by atoms with Gasteiger partial charge in [0, 0.05) is 17.1 Å². The monoisotopic (exact) mass is 320 g/mol. The Hall–Kier alpha value is -1.76. The molecule has 1 aliphatic heterocycles. The summed E-state index contributed by atoms with van der Waals surface area (Å²) in [6.45, 7) is 0.278. The molecule has 0 saturated carbocycles. The fourth-order valence-electron chi connectivity index (χ4n) is 2.35. The van der Waals surface area contributed by atoms with Gasteiger partial charge in [-0.25, -0.2) is 0 Å². The van der Waals surface area contributed by atoms with E-state index in [0.29, 0.717) is 12.8 Å². The Balaban J connectivity index is 2.35.